The van der Waals surface area contributed by atoms with E-state index in [9.17, 15) is 10.1 Å². The largest absolute Gasteiger partial charge is 0.308 e. The molecule has 6 heteroatoms. The second kappa shape index (κ2) is 6.83. The van der Waals surface area contributed by atoms with Gasteiger partial charge in [0.1, 0.15) is 0 Å². The zero-order chi connectivity index (χ0) is 14.5. The van der Waals surface area contributed by atoms with Crippen molar-refractivity contribution in [3.05, 3.63) is 60.8 Å². The van der Waals surface area contributed by atoms with Crippen molar-refractivity contribution in [3.63, 3.8) is 0 Å². The summed E-state index contributed by atoms with van der Waals surface area (Å²) in [7, 11) is 0. The van der Waals surface area contributed by atoms with E-state index in [0.29, 0.717) is 23.7 Å². The fourth-order valence-electron chi connectivity index (χ4n) is 2.02. The zero-order valence-corrected chi connectivity index (χ0v) is 12.6. The Morgan fingerprint density at radius 3 is 2.80 bits per heavy atom. The molecule has 106 valence electrons. The summed E-state index contributed by atoms with van der Waals surface area (Å²) in [5.41, 5.74) is 2.03. The van der Waals surface area contributed by atoms with Gasteiger partial charge in [0.25, 0.3) is 5.69 Å². The van der Waals surface area contributed by atoms with E-state index in [4.69, 9.17) is 11.6 Å². The Bertz CT molecular complexity index is 613. The summed E-state index contributed by atoms with van der Waals surface area (Å²) in [5, 5.41) is 16.8. The van der Waals surface area contributed by atoms with Gasteiger partial charge in [-0.2, -0.15) is 0 Å². The number of nitrogens with one attached hydrogen (secondary N) is 1. The molecule has 0 fully saturated rings. The number of nitro groups is 1. The van der Waals surface area contributed by atoms with Gasteiger partial charge in [0.2, 0.25) is 0 Å². The maximum Gasteiger partial charge on any atom is 0.273 e. The number of rotatable bonds is 6. The first-order valence-electron chi connectivity index (χ1n) is 6.30. The normalized spacial score (nSPS) is 10.7. The number of halogens is 1. The third-order valence-corrected chi connectivity index (χ3v) is 4.26. The summed E-state index contributed by atoms with van der Waals surface area (Å²) in [6.45, 7) is 3.26. The van der Waals surface area contributed by atoms with Crippen LogP contribution in [0.3, 0.4) is 0 Å². The van der Waals surface area contributed by atoms with Gasteiger partial charge in [0.15, 0.2) is 0 Å². The van der Waals surface area contributed by atoms with Gasteiger partial charge in [-0.25, -0.2) is 0 Å². The van der Waals surface area contributed by atoms with Crippen molar-refractivity contribution in [2.24, 2.45) is 0 Å². The summed E-state index contributed by atoms with van der Waals surface area (Å²) < 4.78 is 0. The van der Waals surface area contributed by atoms with Crippen LogP contribution >= 0.6 is 22.9 Å². The van der Waals surface area contributed by atoms with Crippen LogP contribution in [0.15, 0.2) is 29.6 Å². The minimum absolute atomic E-state index is 0.101. The van der Waals surface area contributed by atoms with Crippen molar-refractivity contribution in [2.45, 2.75) is 26.4 Å². The average Bonchev–Trinajstić information content (AvgIpc) is 2.86. The summed E-state index contributed by atoms with van der Waals surface area (Å²) in [6.07, 6.45) is 0.998. The Hall–Kier alpha value is -1.43. The maximum atomic E-state index is 11.0. The van der Waals surface area contributed by atoms with Gasteiger partial charge in [-0.15, -0.1) is 11.3 Å². The molecule has 0 radical (unpaired) electrons. The predicted octanol–water partition coefficient (Wildman–Crippen LogP) is 4.16. The van der Waals surface area contributed by atoms with Crippen molar-refractivity contribution in [1.29, 1.82) is 0 Å². The van der Waals surface area contributed by atoms with Crippen LogP contribution in [-0.4, -0.2) is 4.92 Å². The number of nitrogens with zero attached hydrogens (tertiary/aromatic N) is 1. The van der Waals surface area contributed by atoms with Crippen LogP contribution in [0, 0.1) is 10.1 Å². The van der Waals surface area contributed by atoms with Crippen LogP contribution in [0.5, 0.6) is 0 Å². The van der Waals surface area contributed by atoms with E-state index in [0.717, 1.165) is 6.42 Å². The lowest BCUT2D eigenvalue weighted by Gasteiger charge is -2.06. The lowest BCUT2D eigenvalue weighted by atomic mass is 10.1. The maximum absolute atomic E-state index is 11.0. The fraction of sp³-hybridized carbons (Fsp3) is 0.286. The second-order valence-electron chi connectivity index (χ2n) is 4.36. The van der Waals surface area contributed by atoms with Crippen LogP contribution in [0.4, 0.5) is 5.69 Å². The van der Waals surface area contributed by atoms with Crippen LogP contribution in [-0.2, 0) is 19.5 Å². The summed E-state index contributed by atoms with van der Waals surface area (Å²) in [6, 6.07) is 6.74. The lowest BCUT2D eigenvalue weighted by Crippen LogP contribution is -2.14. The standard InChI is InChI=1S/C14H15ClN2O2S/c1-2-10-5-6-20-14(10)9-16-8-11-7-12(15)3-4-13(11)17(18)19/h3-7,16H,2,8-9H2,1H3. The van der Waals surface area contributed by atoms with E-state index >= 15 is 0 Å². The highest BCUT2D eigenvalue weighted by molar-refractivity contribution is 7.10. The van der Waals surface area contributed by atoms with Crippen molar-refractivity contribution in [2.75, 3.05) is 0 Å². The molecule has 1 heterocycles. The van der Waals surface area contributed by atoms with Gasteiger partial charge in [-0.3, -0.25) is 10.1 Å². The van der Waals surface area contributed by atoms with Crippen LogP contribution < -0.4 is 5.32 Å². The minimum atomic E-state index is -0.379. The molecule has 0 saturated heterocycles. The number of nitro benzene ring substituents is 1. The van der Waals surface area contributed by atoms with Gasteiger partial charge >= 0.3 is 0 Å². The van der Waals surface area contributed by atoms with Gasteiger partial charge in [-0.05, 0) is 35.6 Å². The Morgan fingerprint density at radius 1 is 1.30 bits per heavy atom. The molecule has 0 saturated carbocycles. The molecule has 0 unspecified atom stereocenters. The molecule has 0 aliphatic carbocycles. The lowest BCUT2D eigenvalue weighted by molar-refractivity contribution is -0.385. The molecule has 1 N–H and O–H groups in total. The van der Waals surface area contributed by atoms with Gasteiger partial charge in [0.05, 0.1) is 4.92 Å². The third-order valence-electron chi connectivity index (χ3n) is 3.06. The molecular weight excluding hydrogens is 296 g/mol. The molecule has 0 aliphatic heterocycles. The Kier molecular flexibility index (Phi) is 5.11. The van der Waals surface area contributed by atoms with Crippen LogP contribution in [0.25, 0.3) is 0 Å². The number of thiophene rings is 1. The van der Waals surface area contributed by atoms with Crippen LogP contribution in [0.2, 0.25) is 5.02 Å². The highest BCUT2D eigenvalue weighted by atomic mass is 35.5. The first-order valence-corrected chi connectivity index (χ1v) is 7.56. The first kappa shape index (κ1) is 15.0. The van der Waals surface area contributed by atoms with Crippen molar-refractivity contribution in [1.82, 2.24) is 5.32 Å². The number of hydrogen-bond acceptors (Lipinski definition) is 4. The molecule has 0 bridgehead atoms. The monoisotopic (exact) mass is 310 g/mol. The van der Waals surface area contributed by atoms with E-state index < -0.39 is 0 Å². The highest BCUT2D eigenvalue weighted by Crippen LogP contribution is 2.23. The summed E-state index contributed by atoms with van der Waals surface area (Å²) in [5.74, 6) is 0. The SMILES string of the molecule is CCc1ccsc1CNCc1cc(Cl)ccc1[N+](=O)[O-]. The summed E-state index contributed by atoms with van der Waals surface area (Å²) >= 11 is 7.60. The molecule has 1 aromatic carbocycles. The molecule has 20 heavy (non-hydrogen) atoms. The number of benzene rings is 1. The molecule has 1 aromatic heterocycles. The Labute approximate surface area is 126 Å². The Morgan fingerprint density at radius 2 is 2.10 bits per heavy atom. The predicted molar refractivity (Wildman–Crippen MR) is 82.3 cm³/mol. The zero-order valence-electron chi connectivity index (χ0n) is 11.1. The van der Waals surface area contributed by atoms with Gasteiger partial charge in [-0.1, -0.05) is 18.5 Å². The molecule has 2 rings (SSSR count). The number of aryl methyl sites for hydroxylation is 1. The van der Waals surface area contributed by atoms with Crippen molar-refractivity contribution < 1.29 is 4.92 Å². The van der Waals surface area contributed by atoms with Crippen LogP contribution in [0.1, 0.15) is 22.9 Å². The highest BCUT2D eigenvalue weighted by Gasteiger charge is 2.13. The molecule has 0 amide bonds. The van der Waals surface area contributed by atoms with E-state index in [1.807, 2.05) is 0 Å². The van der Waals surface area contributed by atoms with E-state index in [-0.39, 0.29) is 10.6 Å². The fourth-order valence-corrected chi connectivity index (χ4v) is 3.16. The molecular formula is C14H15ClN2O2S. The minimum Gasteiger partial charge on any atom is -0.308 e. The smallest absolute Gasteiger partial charge is 0.273 e. The number of hydrogen-bond donors (Lipinski definition) is 1. The van der Waals surface area contributed by atoms with Gasteiger partial charge in [0, 0.05) is 34.6 Å². The third kappa shape index (κ3) is 3.56. The first-order chi connectivity index (χ1) is 9.61. The van der Waals surface area contributed by atoms with Crippen molar-refractivity contribution >= 4 is 28.6 Å². The van der Waals surface area contributed by atoms with E-state index in [1.54, 1.807) is 17.4 Å². The van der Waals surface area contributed by atoms with E-state index in [1.165, 1.54) is 22.6 Å². The molecule has 0 atom stereocenters. The Balaban J connectivity index is 2.04. The van der Waals surface area contributed by atoms with Crippen molar-refractivity contribution in [3.8, 4) is 0 Å². The second-order valence-corrected chi connectivity index (χ2v) is 5.79. The molecule has 0 aliphatic rings. The molecule has 0 spiro atoms. The topological polar surface area (TPSA) is 55.2 Å². The van der Waals surface area contributed by atoms with Gasteiger partial charge < -0.3 is 5.32 Å². The average molecular weight is 311 g/mol. The summed E-state index contributed by atoms with van der Waals surface area (Å²) in [4.78, 5) is 11.9. The molecule has 4 nitrogen and oxygen atoms in total. The molecule has 2 aromatic rings. The quantitative estimate of drug-likeness (QED) is 0.644. The van der Waals surface area contributed by atoms with E-state index in [2.05, 4.69) is 23.7 Å².